The van der Waals surface area contributed by atoms with Crippen molar-refractivity contribution < 1.29 is 0 Å². The van der Waals surface area contributed by atoms with E-state index >= 15 is 0 Å². The molecule has 2 rings (SSSR count). The van der Waals surface area contributed by atoms with Crippen molar-refractivity contribution in [2.45, 2.75) is 39.2 Å². The summed E-state index contributed by atoms with van der Waals surface area (Å²) >= 11 is 0. The van der Waals surface area contributed by atoms with Crippen LogP contribution in [0.1, 0.15) is 44.7 Å². The summed E-state index contributed by atoms with van der Waals surface area (Å²) < 4.78 is 0. The van der Waals surface area contributed by atoms with Gasteiger partial charge in [-0.1, -0.05) is 45.0 Å². The topological polar surface area (TPSA) is 26.0 Å². The molecule has 14 heavy (non-hydrogen) atoms. The monoisotopic (exact) mass is 189 g/mol. The Kier molecular flexibility index (Phi) is 1.81. The van der Waals surface area contributed by atoms with Crippen LogP contribution in [0.15, 0.2) is 24.3 Å². The molecule has 0 bridgehead atoms. The molecule has 2 unspecified atom stereocenters. The number of rotatable bonds is 0. The largest absolute Gasteiger partial charge is 0.321 e. The minimum Gasteiger partial charge on any atom is -0.321 e. The SMILES string of the molecule is CC1c2ccccc2C(C)(N)C1(C)C. The second kappa shape index (κ2) is 2.60. The Balaban J connectivity index is 2.68. The minimum absolute atomic E-state index is 0.136. The Hall–Kier alpha value is -0.820. The fraction of sp³-hybridized carbons (Fsp3) is 0.538. The van der Waals surface area contributed by atoms with Crippen LogP contribution in [0, 0.1) is 5.41 Å². The van der Waals surface area contributed by atoms with E-state index in [9.17, 15) is 0 Å². The molecule has 0 fully saturated rings. The zero-order chi connectivity index (χ0) is 10.6. The molecule has 1 aliphatic rings. The lowest BCUT2D eigenvalue weighted by atomic mass is 9.70. The average Bonchev–Trinajstić information content (AvgIpc) is 2.27. The smallest absolute Gasteiger partial charge is 0.0441 e. The Morgan fingerprint density at radius 1 is 1.14 bits per heavy atom. The fourth-order valence-corrected chi connectivity index (χ4v) is 2.53. The van der Waals surface area contributed by atoms with Crippen molar-refractivity contribution in [1.29, 1.82) is 0 Å². The molecule has 1 heteroatoms. The molecule has 0 aliphatic heterocycles. The third-order valence-corrected chi connectivity index (χ3v) is 4.41. The summed E-state index contributed by atoms with van der Waals surface area (Å²) in [6, 6.07) is 8.56. The van der Waals surface area contributed by atoms with Gasteiger partial charge >= 0.3 is 0 Å². The van der Waals surface area contributed by atoms with E-state index in [1.54, 1.807) is 0 Å². The molecular formula is C13H19N. The number of fused-ring (bicyclic) bond motifs is 1. The zero-order valence-corrected chi connectivity index (χ0v) is 9.46. The highest BCUT2D eigenvalue weighted by molar-refractivity contribution is 5.44. The Morgan fingerprint density at radius 3 is 2.29 bits per heavy atom. The van der Waals surface area contributed by atoms with Crippen LogP contribution in [-0.2, 0) is 5.54 Å². The first-order valence-electron chi connectivity index (χ1n) is 5.27. The highest BCUT2D eigenvalue weighted by atomic mass is 14.8. The number of benzene rings is 1. The highest BCUT2D eigenvalue weighted by Crippen LogP contribution is 2.55. The summed E-state index contributed by atoms with van der Waals surface area (Å²) in [5, 5.41) is 0. The van der Waals surface area contributed by atoms with Crippen molar-refractivity contribution in [3.8, 4) is 0 Å². The van der Waals surface area contributed by atoms with E-state index < -0.39 is 0 Å². The Morgan fingerprint density at radius 2 is 1.71 bits per heavy atom. The van der Waals surface area contributed by atoms with E-state index in [2.05, 4.69) is 52.0 Å². The van der Waals surface area contributed by atoms with Gasteiger partial charge in [-0.2, -0.15) is 0 Å². The predicted molar refractivity (Wildman–Crippen MR) is 60.2 cm³/mol. The molecule has 1 nitrogen and oxygen atoms in total. The van der Waals surface area contributed by atoms with Gasteiger partial charge in [-0.3, -0.25) is 0 Å². The van der Waals surface area contributed by atoms with Crippen LogP contribution < -0.4 is 5.73 Å². The van der Waals surface area contributed by atoms with Crippen molar-refractivity contribution in [1.82, 2.24) is 0 Å². The van der Waals surface area contributed by atoms with E-state index in [0.717, 1.165) is 0 Å². The van der Waals surface area contributed by atoms with E-state index in [1.165, 1.54) is 11.1 Å². The van der Waals surface area contributed by atoms with Crippen molar-refractivity contribution in [3.05, 3.63) is 35.4 Å². The second-order valence-electron chi connectivity index (χ2n) is 5.23. The van der Waals surface area contributed by atoms with Gasteiger partial charge in [-0.25, -0.2) is 0 Å². The normalized spacial score (nSPS) is 34.2. The molecule has 2 atom stereocenters. The molecule has 0 amide bonds. The van der Waals surface area contributed by atoms with Gasteiger partial charge in [-0.15, -0.1) is 0 Å². The molecule has 0 spiro atoms. The van der Waals surface area contributed by atoms with Gasteiger partial charge in [-0.05, 0) is 29.4 Å². The van der Waals surface area contributed by atoms with Gasteiger partial charge in [0.05, 0.1) is 0 Å². The first-order chi connectivity index (χ1) is 6.39. The molecule has 1 aliphatic carbocycles. The van der Waals surface area contributed by atoms with E-state index in [1.807, 2.05) is 0 Å². The summed E-state index contributed by atoms with van der Waals surface area (Å²) in [6.07, 6.45) is 0. The Labute approximate surface area is 86.3 Å². The maximum atomic E-state index is 6.46. The minimum atomic E-state index is -0.205. The predicted octanol–water partition coefficient (Wildman–Crippen LogP) is 3.00. The summed E-state index contributed by atoms with van der Waals surface area (Å²) in [5.74, 6) is 0.536. The third kappa shape index (κ3) is 0.936. The van der Waals surface area contributed by atoms with E-state index in [4.69, 9.17) is 5.73 Å². The first-order valence-corrected chi connectivity index (χ1v) is 5.27. The molecule has 0 saturated heterocycles. The third-order valence-electron chi connectivity index (χ3n) is 4.41. The van der Waals surface area contributed by atoms with E-state index in [-0.39, 0.29) is 11.0 Å². The second-order valence-corrected chi connectivity index (χ2v) is 5.23. The molecule has 0 radical (unpaired) electrons. The summed E-state index contributed by atoms with van der Waals surface area (Å²) in [4.78, 5) is 0. The highest BCUT2D eigenvalue weighted by Gasteiger charge is 2.50. The van der Waals surface area contributed by atoms with Crippen LogP contribution in [-0.4, -0.2) is 0 Å². The van der Waals surface area contributed by atoms with Crippen LogP contribution in [0.4, 0.5) is 0 Å². The number of nitrogens with two attached hydrogens (primary N) is 1. The van der Waals surface area contributed by atoms with Gasteiger partial charge in [0.1, 0.15) is 0 Å². The first kappa shape index (κ1) is 9.72. The fourth-order valence-electron chi connectivity index (χ4n) is 2.53. The molecule has 0 saturated carbocycles. The van der Waals surface area contributed by atoms with Crippen LogP contribution in [0.2, 0.25) is 0 Å². The van der Waals surface area contributed by atoms with Crippen LogP contribution in [0.25, 0.3) is 0 Å². The van der Waals surface area contributed by atoms with Crippen molar-refractivity contribution >= 4 is 0 Å². The van der Waals surface area contributed by atoms with Gasteiger partial charge in [0.15, 0.2) is 0 Å². The molecule has 76 valence electrons. The lowest BCUT2D eigenvalue weighted by Crippen LogP contribution is -2.44. The van der Waals surface area contributed by atoms with E-state index in [0.29, 0.717) is 5.92 Å². The lowest BCUT2D eigenvalue weighted by molar-refractivity contribution is 0.178. The zero-order valence-electron chi connectivity index (χ0n) is 9.46. The maximum absolute atomic E-state index is 6.46. The quantitative estimate of drug-likeness (QED) is 0.667. The van der Waals surface area contributed by atoms with Gasteiger partial charge in [0.2, 0.25) is 0 Å². The maximum Gasteiger partial charge on any atom is 0.0441 e. The van der Waals surface area contributed by atoms with Gasteiger partial charge in [0, 0.05) is 5.54 Å². The molecule has 1 aromatic rings. The molecule has 1 aromatic carbocycles. The molecule has 2 N–H and O–H groups in total. The van der Waals surface area contributed by atoms with Crippen LogP contribution in [0.5, 0.6) is 0 Å². The Bertz CT molecular complexity index is 363. The van der Waals surface area contributed by atoms with Crippen molar-refractivity contribution in [2.24, 2.45) is 11.1 Å². The van der Waals surface area contributed by atoms with Crippen molar-refractivity contribution in [3.63, 3.8) is 0 Å². The summed E-state index contributed by atoms with van der Waals surface area (Å²) in [7, 11) is 0. The van der Waals surface area contributed by atoms with Crippen molar-refractivity contribution in [2.75, 3.05) is 0 Å². The lowest BCUT2D eigenvalue weighted by Gasteiger charge is -2.38. The van der Waals surface area contributed by atoms with Crippen LogP contribution >= 0.6 is 0 Å². The van der Waals surface area contributed by atoms with Gasteiger partial charge < -0.3 is 5.73 Å². The molecule has 0 aromatic heterocycles. The summed E-state index contributed by atoms with van der Waals surface area (Å²) in [6.45, 7) is 8.95. The number of hydrogen-bond acceptors (Lipinski definition) is 1. The molecular weight excluding hydrogens is 170 g/mol. The van der Waals surface area contributed by atoms with Crippen LogP contribution in [0.3, 0.4) is 0 Å². The number of hydrogen-bond donors (Lipinski definition) is 1. The van der Waals surface area contributed by atoms with Gasteiger partial charge in [0.25, 0.3) is 0 Å². The average molecular weight is 189 g/mol. The standard InChI is InChI=1S/C13H19N/c1-9-10-7-5-6-8-11(10)13(4,14)12(9,2)3/h5-9H,14H2,1-4H3. The molecule has 0 heterocycles. The summed E-state index contributed by atoms with van der Waals surface area (Å²) in [5.41, 5.74) is 9.12.